The summed E-state index contributed by atoms with van der Waals surface area (Å²) in [4.78, 5) is 11.4. The molecule has 90 valence electrons. The van der Waals surface area contributed by atoms with Crippen molar-refractivity contribution in [1.82, 2.24) is 5.32 Å². The lowest BCUT2D eigenvalue weighted by Crippen LogP contribution is -2.36. The predicted molar refractivity (Wildman–Crippen MR) is 66.0 cm³/mol. The fourth-order valence-electron chi connectivity index (χ4n) is 1.14. The molecule has 1 atom stereocenters. The van der Waals surface area contributed by atoms with Crippen LogP contribution in [0, 0.1) is 18.2 Å². The van der Waals surface area contributed by atoms with Gasteiger partial charge in [-0.3, -0.25) is 4.79 Å². The Bertz CT molecular complexity index is 436. The fraction of sp³-hybridized carbons (Fsp3) is 0.250. The number of carbonyl (C=O) groups is 1. The summed E-state index contributed by atoms with van der Waals surface area (Å²) < 4.78 is 18.9. The number of terminal acetylenes is 1. The van der Waals surface area contributed by atoms with Gasteiger partial charge in [-0.05, 0) is 19.1 Å². The second kappa shape index (κ2) is 6.26. The smallest absolute Gasteiger partial charge is 0.261 e. The number of benzene rings is 1. The fourth-order valence-corrected chi connectivity index (χ4v) is 1.58. The highest BCUT2D eigenvalue weighted by molar-refractivity contribution is 9.10. The van der Waals surface area contributed by atoms with Gasteiger partial charge in [0, 0.05) is 10.5 Å². The molecule has 0 heterocycles. The molecule has 1 amide bonds. The Hall–Kier alpha value is -1.54. The van der Waals surface area contributed by atoms with E-state index in [9.17, 15) is 9.18 Å². The maximum atomic E-state index is 13.0. The summed E-state index contributed by atoms with van der Waals surface area (Å²) in [6.45, 7) is 1.70. The maximum Gasteiger partial charge on any atom is 0.261 e. The van der Waals surface area contributed by atoms with Crippen LogP contribution in [0.2, 0.25) is 0 Å². The number of nitrogens with one attached hydrogen (secondary N) is 1. The number of amides is 1. The first kappa shape index (κ1) is 13.5. The van der Waals surface area contributed by atoms with Crippen LogP contribution < -0.4 is 10.1 Å². The van der Waals surface area contributed by atoms with Gasteiger partial charge in [0.2, 0.25) is 0 Å². The van der Waals surface area contributed by atoms with Crippen molar-refractivity contribution in [2.24, 2.45) is 0 Å². The summed E-state index contributed by atoms with van der Waals surface area (Å²) >= 11 is 3.13. The second-order valence-electron chi connectivity index (χ2n) is 3.29. The quantitative estimate of drug-likeness (QED) is 0.865. The summed E-state index contributed by atoms with van der Waals surface area (Å²) in [5, 5.41) is 2.48. The maximum absolute atomic E-state index is 13.0. The van der Waals surface area contributed by atoms with Crippen LogP contribution >= 0.6 is 15.9 Å². The van der Waals surface area contributed by atoms with Crippen LogP contribution in [-0.4, -0.2) is 18.6 Å². The molecule has 1 aromatic carbocycles. The van der Waals surface area contributed by atoms with Crippen molar-refractivity contribution in [1.29, 1.82) is 0 Å². The lowest BCUT2D eigenvalue weighted by molar-refractivity contribution is -0.127. The molecule has 3 nitrogen and oxygen atoms in total. The highest BCUT2D eigenvalue weighted by atomic mass is 79.9. The van der Waals surface area contributed by atoms with Gasteiger partial charge in [0.1, 0.15) is 11.6 Å². The summed E-state index contributed by atoms with van der Waals surface area (Å²) in [5.74, 6) is 1.78. The molecular weight excluding hydrogens is 289 g/mol. The van der Waals surface area contributed by atoms with Crippen LogP contribution in [0.5, 0.6) is 5.75 Å². The highest BCUT2D eigenvalue weighted by Gasteiger charge is 2.14. The standard InChI is InChI=1S/C12H11BrFNO2/c1-3-4-15-12(16)8(2)17-11-6-9(13)5-10(14)7-11/h1,5-8H,4H2,2H3,(H,15,16). The van der Waals surface area contributed by atoms with Crippen molar-refractivity contribution in [3.63, 3.8) is 0 Å². The first-order valence-corrected chi connectivity index (χ1v) is 5.66. The summed E-state index contributed by atoms with van der Waals surface area (Å²) in [6, 6.07) is 4.08. The molecule has 0 aromatic heterocycles. The van der Waals surface area contributed by atoms with Gasteiger partial charge in [0.05, 0.1) is 6.54 Å². The molecule has 0 saturated carbocycles. The van der Waals surface area contributed by atoms with Crippen molar-refractivity contribution in [2.45, 2.75) is 13.0 Å². The van der Waals surface area contributed by atoms with E-state index in [1.165, 1.54) is 12.1 Å². The van der Waals surface area contributed by atoms with Crippen LogP contribution in [0.4, 0.5) is 4.39 Å². The first-order chi connectivity index (χ1) is 8.02. The molecule has 0 spiro atoms. The lowest BCUT2D eigenvalue weighted by atomic mass is 10.3. The molecule has 5 heteroatoms. The molecule has 0 aliphatic heterocycles. The zero-order valence-corrected chi connectivity index (χ0v) is 10.8. The number of halogens is 2. The van der Waals surface area contributed by atoms with Gasteiger partial charge >= 0.3 is 0 Å². The van der Waals surface area contributed by atoms with Crippen molar-refractivity contribution in [2.75, 3.05) is 6.54 Å². The third kappa shape index (κ3) is 4.45. The third-order valence-corrected chi connectivity index (χ3v) is 2.34. The number of rotatable bonds is 4. The summed E-state index contributed by atoms with van der Waals surface area (Å²) in [5.41, 5.74) is 0. The van der Waals surface area contributed by atoms with Gasteiger partial charge in [0.15, 0.2) is 6.10 Å². The van der Waals surface area contributed by atoms with Crippen molar-refractivity contribution >= 4 is 21.8 Å². The van der Waals surface area contributed by atoms with E-state index in [4.69, 9.17) is 11.2 Å². The van der Waals surface area contributed by atoms with E-state index in [2.05, 4.69) is 27.2 Å². The SMILES string of the molecule is C#CCNC(=O)C(C)Oc1cc(F)cc(Br)c1. The predicted octanol–water partition coefficient (Wildman–Crippen LogP) is 2.10. The first-order valence-electron chi connectivity index (χ1n) is 4.87. The average molecular weight is 300 g/mol. The number of hydrogen-bond acceptors (Lipinski definition) is 2. The van der Waals surface area contributed by atoms with Crippen LogP contribution in [0.3, 0.4) is 0 Å². The molecular formula is C12H11BrFNO2. The minimum Gasteiger partial charge on any atom is -0.481 e. The molecule has 0 bridgehead atoms. The molecule has 0 fully saturated rings. The molecule has 1 rings (SSSR count). The Morgan fingerprint density at radius 1 is 1.65 bits per heavy atom. The number of carbonyl (C=O) groups excluding carboxylic acids is 1. The Kier molecular flexibility index (Phi) is 4.98. The Labute approximate surface area is 107 Å². The molecule has 1 unspecified atom stereocenters. The van der Waals surface area contributed by atoms with Crippen LogP contribution in [0.25, 0.3) is 0 Å². The summed E-state index contributed by atoms with van der Waals surface area (Å²) in [7, 11) is 0. The number of ether oxygens (including phenoxy) is 1. The topological polar surface area (TPSA) is 38.3 Å². The zero-order chi connectivity index (χ0) is 12.8. The Morgan fingerprint density at radius 3 is 2.94 bits per heavy atom. The van der Waals surface area contributed by atoms with Crippen molar-refractivity contribution < 1.29 is 13.9 Å². The molecule has 0 aliphatic carbocycles. The van der Waals surface area contributed by atoms with Gasteiger partial charge in [0.25, 0.3) is 5.91 Å². The van der Waals surface area contributed by atoms with E-state index in [0.717, 1.165) is 0 Å². The van der Waals surface area contributed by atoms with E-state index >= 15 is 0 Å². The van der Waals surface area contributed by atoms with Gasteiger partial charge in [-0.15, -0.1) is 6.42 Å². The summed E-state index contributed by atoms with van der Waals surface area (Å²) in [6.07, 6.45) is 4.27. The normalized spacial score (nSPS) is 11.4. The molecule has 0 radical (unpaired) electrons. The van der Waals surface area contributed by atoms with Gasteiger partial charge in [-0.2, -0.15) is 0 Å². The van der Waals surface area contributed by atoms with Crippen molar-refractivity contribution in [3.05, 3.63) is 28.5 Å². The monoisotopic (exact) mass is 299 g/mol. The third-order valence-electron chi connectivity index (χ3n) is 1.88. The van der Waals surface area contributed by atoms with E-state index in [1.54, 1.807) is 13.0 Å². The van der Waals surface area contributed by atoms with Crippen molar-refractivity contribution in [3.8, 4) is 18.1 Å². The average Bonchev–Trinajstić information content (AvgIpc) is 2.24. The second-order valence-corrected chi connectivity index (χ2v) is 4.20. The molecule has 0 saturated heterocycles. The van der Waals surface area contributed by atoms with Crippen LogP contribution in [0.15, 0.2) is 22.7 Å². The van der Waals surface area contributed by atoms with Gasteiger partial charge < -0.3 is 10.1 Å². The van der Waals surface area contributed by atoms with E-state index < -0.39 is 11.9 Å². The molecule has 1 aromatic rings. The van der Waals surface area contributed by atoms with Crippen LogP contribution in [0.1, 0.15) is 6.92 Å². The minimum atomic E-state index is -0.739. The van der Waals surface area contributed by atoms with E-state index in [0.29, 0.717) is 4.47 Å². The molecule has 17 heavy (non-hydrogen) atoms. The van der Waals surface area contributed by atoms with E-state index in [1.807, 2.05) is 0 Å². The molecule has 0 aliphatic rings. The lowest BCUT2D eigenvalue weighted by Gasteiger charge is -2.14. The van der Waals surface area contributed by atoms with Gasteiger partial charge in [-0.1, -0.05) is 21.9 Å². The van der Waals surface area contributed by atoms with Crippen LogP contribution in [-0.2, 0) is 4.79 Å². The highest BCUT2D eigenvalue weighted by Crippen LogP contribution is 2.21. The minimum absolute atomic E-state index is 0.138. The van der Waals surface area contributed by atoms with E-state index in [-0.39, 0.29) is 18.2 Å². The zero-order valence-electron chi connectivity index (χ0n) is 9.17. The molecule has 1 N–H and O–H groups in total. The largest absolute Gasteiger partial charge is 0.481 e. The number of hydrogen-bond donors (Lipinski definition) is 1. The van der Waals surface area contributed by atoms with Gasteiger partial charge in [-0.25, -0.2) is 4.39 Å². The Morgan fingerprint density at radius 2 is 2.35 bits per heavy atom. The Balaban J connectivity index is 2.64.